The van der Waals surface area contributed by atoms with Gasteiger partial charge in [-0.1, -0.05) is 13.3 Å². The number of amides is 2. The van der Waals surface area contributed by atoms with Crippen LogP contribution >= 0.6 is 0 Å². The summed E-state index contributed by atoms with van der Waals surface area (Å²) < 4.78 is 0. The number of hydrogen-bond acceptors (Lipinski definition) is 3. The quantitative estimate of drug-likeness (QED) is 0.579. The number of aromatic nitrogens is 2. The average molecular weight is 282 g/mol. The number of nitrogens with zero attached hydrogens (tertiary/aromatic N) is 1. The molecule has 112 valence electrons. The molecule has 2 unspecified atom stereocenters. The summed E-state index contributed by atoms with van der Waals surface area (Å²) in [6, 6.07) is -0.217. The van der Waals surface area contributed by atoms with E-state index in [-0.39, 0.29) is 18.0 Å². The summed E-state index contributed by atoms with van der Waals surface area (Å²) in [6.45, 7) is 4.02. The van der Waals surface area contributed by atoms with Crippen molar-refractivity contribution < 1.29 is 14.7 Å². The highest BCUT2D eigenvalue weighted by molar-refractivity contribution is 5.74. The molecule has 0 radical (unpaired) electrons. The summed E-state index contributed by atoms with van der Waals surface area (Å²) in [6.07, 6.45) is 5.53. The molecule has 1 aromatic rings. The fraction of sp³-hybridized carbons (Fsp3) is 0.615. The maximum atomic E-state index is 11.6. The zero-order valence-electron chi connectivity index (χ0n) is 11.8. The molecule has 7 nitrogen and oxygen atoms in total. The molecule has 0 spiro atoms. The number of rotatable bonds is 8. The summed E-state index contributed by atoms with van der Waals surface area (Å²) in [5, 5.41) is 20.8. The van der Waals surface area contributed by atoms with Gasteiger partial charge in [-0.3, -0.25) is 9.89 Å². The first-order valence-electron chi connectivity index (χ1n) is 6.74. The first-order chi connectivity index (χ1) is 9.49. The third-order valence-electron chi connectivity index (χ3n) is 3.08. The van der Waals surface area contributed by atoms with E-state index in [4.69, 9.17) is 5.11 Å². The number of hydrogen-bond donors (Lipinski definition) is 4. The Morgan fingerprint density at radius 1 is 1.40 bits per heavy atom. The van der Waals surface area contributed by atoms with Gasteiger partial charge in [0, 0.05) is 24.3 Å². The molecule has 0 aliphatic carbocycles. The van der Waals surface area contributed by atoms with Gasteiger partial charge in [0.25, 0.3) is 0 Å². The summed E-state index contributed by atoms with van der Waals surface area (Å²) in [5.41, 5.74) is 0.906. The van der Waals surface area contributed by atoms with Crippen LogP contribution < -0.4 is 10.6 Å². The molecule has 20 heavy (non-hydrogen) atoms. The molecule has 1 heterocycles. The van der Waals surface area contributed by atoms with Crippen molar-refractivity contribution in [1.29, 1.82) is 0 Å². The topological polar surface area (TPSA) is 107 Å². The fourth-order valence-corrected chi connectivity index (χ4v) is 1.76. The second-order valence-electron chi connectivity index (χ2n) is 5.00. The maximum absolute atomic E-state index is 11.6. The van der Waals surface area contributed by atoms with Crippen molar-refractivity contribution in [2.75, 3.05) is 0 Å². The van der Waals surface area contributed by atoms with Crippen molar-refractivity contribution in [1.82, 2.24) is 20.8 Å². The van der Waals surface area contributed by atoms with E-state index >= 15 is 0 Å². The second-order valence-corrected chi connectivity index (χ2v) is 5.00. The highest BCUT2D eigenvalue weighted by atomic mass is 16.4. The molecule has 0 bridgehead atoms. The fourth-order valence-electron chi connectivity index (χ4n) is 1.76. The lowest BCUT2D eigenvalue weighted by atomic mass is 10.0. The SMILES string of the molecule is CC(CCCC(C)C(=O)O)NC(=O)NCc1cn[nH]c1. The summed E-state index contributed by atoms with van der Waals surface area (Å²) in [7, 11) is 0. The molecule has 7 heteroatoms. The van der Waals surface area contributed by atoms with Gasteiger partial charge < -0.3 is 15.7 Å². The van der Waals surface area contributed by atoms with Crippen LogP contribution in [0.5, 0.6) is 0 Å². The van der Waals surface area contributed by atoms with Gasteiger partial charge in [-0.2, -0.15) is 5.10 Å². The molecule has 4 N–H and O–H groups in total. The molecule has 1 rings (SSSR count). The maximum Gasteiger partial charge on any atom is 0.315 e. The summed E-state index contributed by atoms with van der Waals surface area (Å²) in [4.78, 5) is 22.3. The van der Waals surface area contributed by atoms with Gasteiger partial charge in [-0.15, -0.1) is 0 Å². The largest absolute Gasteiger partial charge is 0.481 e. The Kier molecular flexibility index (Phi) is 6.55. The van der Waals surface area contributed by atoms with Crippen molar-refractivity contribution in [3.05, 3.63) is 18.0 Å². The molecule has 0 saturated heterocycles. The number of aromatic amines is 1. The van der Waals surface area contributed by atoms with Crippen LogP contribution in [0.2, 0.25) is 0 Å². The number of aliphatic carboxylic acids is 1. The Labute approximate surface area is 118 Å². The van der Waals surface area contributed by atoms with Gasteiger partial charge in [0.2, 0.25) is 0 Å². The second kappa shape index (κ2) is 8.19. The number of carbonyl (C=O) groups excluding carboxylic acids is 1. The zero-order valence-corrected chi connectivity index (χ0v) is 11.8. The number of H-pyrrole nitrogens is 1. The minimum absolute atomic E-state index is 0.0142. The predicted octanol–water partition coefficient (Wildman–Crippen LogP) is 1.49. The van der Waals surface area contributed by atoms with Crippen LogP contribution in [-0.2, 0) is 11.3 Å². The van der Waals surface area contributed by atoms with E-state index in [9.17, 15) is 9.59 Å². The lowest BCUT2D eigenvalue weighted by Gasteiger charge is -2.15. The number of carboxylic acid groups (broad SMARTS) is 1. The van der Waals surface area contributed by atoms with Crippen LogP contribution in [-0.4, -0.2) is 33.3 Å². The van der Waals surface area contributed by atoms with Crippen LogP contribution in [0.3, 0.4) is 0 Å². The van der Waals surface area contributed by atoms with E-state index in [1.807, 2.05) is 6.92 Å². The Morgan fingerprint density at radius 2 is 2.15 bits per heavy atom. The van der Waals surface area contributed by atoms with Crippen LogP contribution in [0.1, 0.15) is 38.7 Å². The van der Waals surface area contributed by atoms with Crippen molar-refractivity contribution >= 4 is 12.0 Å². The molecule has 0 aliphatic rings. The lowest BCUT2D eigenvalue weighted by Crippen LogP contribution is -2.40. The first kappa shape index (κ1) is 16.0. The third-order valence-corrected chi connectivity index (χ3v) is 3.08. The number of urea groups is 1. The third kappa shape index (κ3) is 6.21. The Balaban J connectivity index is 2.13. The van der Waals surface area contributed by atoms with E-state index in [0.717, 1.165) is 18.4 Å². The van der Waals surface area contributed by atoms with E-state index in [1.165, 1.54) is 0 Å². The number of carbonyl (C=O) groups is 2. The van der Waals surface area contributed by atoms with Crippen molar-refractivity contribution in [2.45, 2.75) is 45.7 Å². The predicted molar refractivity (Wildman–Crippen MR) is 74.1 cm³/mol. The molecular formula is C13H22N4O3. The van der Waals surface area contributed by atoms with E-state index in [1.54, 1.807) is 19.3 Å². The van der Waals surface area contributed by atoms with Crippen LogP contribution in [0.4, 0.5) is 4.79 Å². The summed E-state index contributed by atoms with van der Waals surface area (Å²) >= 11 is 0. The van der Waals surface area contributed by atoms with Crippen molar-refractivity contribution in [2.24, 2.45) is 5.92 Å². The molecule has 0 aliphatic heterocycles. The average Bonchev–Trinajstić information content (AvgIpc) is 2.89. The normalized spacial score (nSPS) is 13.5. The number of carboxylic acids is 1. The van der Waals surface area contributed by atoms with Crippen LogP contribution in [0.25, 0.3) is 0 Å². The molecule has 0 aromatic carbocycles. The highest BCUT2D eigenvalue weighted by Crippen LogP contribution is 2.09. The van der Waals surface area contributed by atoms with Crippen LogP contribution in [0, 0.1) is 5.92 Å². The Bertz CT molecular complexity index is 419. The monoisotopic (exact) mass is 282 g/mol. The van der Waals surface area contributed by atoms with Crippen LogP contribution in [0.15, 0.2) is 12.4 Å². The molecule has 0 fully saturated rings. The molecule has 2 amide bonds. The van der Waals surface area contributed by atoms with Gasteiger partial charge in [-0.25, -0.2) is 4.79 Å². The Morgan fingerprint density at radius 3 is 2.75 bits per heavy atom. The Hall–Kier alpha value is -2.05. The van der Waals surface area contributed by atoms with Crippen molar-refractivity contribution in [3.8, 4) is 0 Å². The molecule has 2 atom stereocenters. The van der Waals surface area contributed by atoms with Gasteiger partial charge in [0.1, 0.15) is 0 Å². The summed E-state index contributed by atoms with van der Waals surface area (Å²) in [5.74, 6) is -1.11. The molecule has 0 saturated carbocycles. The zero-order chi connectivity index (χ0) is 15.0. The van der Waals surface area contributed by atoms with Gasteiger partial charge >= 0.3 is 12.0 Å². The first-order valence-corrected chi connectivity index (χ1v) is 6.74. The minimum Gasteiger partial charge on any atom is -0.481 e. The standard InChI is InChI=1S/C13H22N4O3/c1-9(12(18)19)4-3-5-10(2)17-13(20)14-6-11-7-15-16-8-11/h7-10H,3-6H2,1-2H3,(H,15,16)(H,18,19)(H2,14,17,20). The van der Waals surface area contributed by atoms with E-state index in [0.29, 0.717) is 13.0 Å². The lowest BCUT2D eigenvalue weighted by molar-refractivity contribution is -0.141. The molecule has 1 aromatic heterocycles. The van der Waals surface area contributed by atoms with Gasteiger partial charge in [0.15, 0.2) is 0 Å². The smallest absolute Gasteiger partial charge is 0.315 e. The highest BCUT2D eigenvalue weighted by Gasteiger charge is 2.12. The van der Waals surface area contributed by atoms with E-state index in [2.05, 4.69) is 20.8 Å². The van der Waals surface area contributed by atoms with Gasteiger partial charge in [-0.05, 0) is 19.8 Å². The van der Waals surface area contributed by atoms with Gasteiger partial charge in [0.05, 0.1) is 12.1 Å². The number of nitrogens with one attached hydrogen (secondary N) is 3. The molecular weight excluding hydrogens is 260 g/mol. The minimum atomic E-state index is -0.775. The van der Waals surface area contributed by atoms with E-state index < -0.39 is 5.97 Å². The van der Waals surface area contributed by atoms with Crippen molar-refractivity contribution in [3.63, 3.8) is 0 Å².